The van der Waals surface area contributed by atoms with Crippen LogP contribution in [0.2, 0.25) is 0 Å². The van der Waals surface area contributed by atoms with Crippen LogP contribution in [-0.4, -0.2) is 67.0 Å². The summed E-state index contributed by atoms with van der Waals surface area (Å²) in [6, 6.07) is 13.2. The maximum Gasteiger partial charge on any atom is 0.407 e. The zero-order valence-electron chi connectivity index (χ0n) is 24.6. The smallest absolute Gasteiger partial charge is 0.407 e. The molecule has 41 heavy (non-hydrogen) atoms. The fourth-order valence-electron chi connectivity index (χ4n) is 4.10. The van der Waals surface area contributed by atoms with Crippen LogP contribution in [-0.2, 0) is 28.9 Å². The Balaban J connectivity index is 1.61. The number of nitrogens with zero attached hydrogens (tertiary/aromatic N) is 2. The topological polar surface area (TPSA) is 123 Å². The number of carboxylic acid groups (broad SMARTS) is 1. The lowest BCUT2D eigenvalue weighted by Gasteiger charge is -2.14. The van der Waals surface area contributed by atoms with Gasteiger partial charge < -0.3 is 34.0 Å². The zero-order valence-corrected chi connectivity index (χ0v) is 24.6. The maximum absolute atomic E-state index is 12.0. The number of aryl methyl sites for hydroxylation is 2. The first-order valence-corrected chi connectivity index (χ1v) is 13.9. The number of amides is 1. The number of nitrogens with one attached hydrogen (secondary N) is 1. The summed E-state index contributed by atoms with van der Waals surface area (Å²) in [6.45, 7) is 7.57. The molecule has 0 fully saturated rings. The quantitative estimate of drug-likeness (QED) is 0.223. The first-order chi connectivity index (χ1) is 19.6. The molecule has 3 aromatic rings. The molecule has 0 unspecified atom stereocenters. The number of hydrogen-bond acceptors (Lipinski definition) is 8. The van der Waals surface area contributed by atoms with Gasteiger partial charge in [0.05, 0.1) is 25.0 Å². The van der Waals surface area contributed by atoms with Crippen molar-refractivity contribution < 1.29 is 33.3 Å². The Hall–Kier alpha value is -4.05. The second-order valence-corrected chi connectivity index (χ2v) is 10.3. The normalized spacial score (nSPS) is 11.1. The number of carbonyl (C=O) groups excluding carboxylic acids is 1. The van der Waals surface area contributed by atoms with Crippen LogP contribution < -0.4 is 14.8 Å². The van der Waals surface area contributed by atoms with E-state index in [2.05, 4.69) is 10.2 Å². The highest BCUT2D eigenvalue weighted by atomic mass is 16.6. The van der Waals surface area contributed by atoms with E-state index in [1.165, 1.54) is 0 Å². The maximum atomic E-state index is 12.0. The van der Waals surface area contributed by atoms with E-state index in [1.807, 2.05) is 57.4 Å². The third kappa shape index (κ3) is 10.8. The van der Waals surface area contributed by atoms with E-state index in [0.29, 0.717) is 37.7 Å². The number of alkyl carbamates (subject to hydrolysis) is 1. The first-order valence-electron chi connectivity index (χ1n) is 13.9. The monoisotopic (exact) mass is 567 g/mol. The van der Waals surface area contributed by atoms with Crippen molar-refractivity contribution in [2.24, 2.45) is 0 Å². The average molecular weight is 568 g/mol. The van der Waals surface area contributed by atoms with Crippen LogP contribution in [0.5, 0.6) is 11.5 Å². The number of benzene rings is 2. The van der Waals surface area contributed by atoms with Gasteiger partial charge in [-0.1, -0.05) is 12.1 Å². The molecule has 0 atom stereocenters. The van der Waals surface area contributed by atoms with E-state index in [0.717, 1.165) is 46.9 Å². The molecule has 0 aliphatic heterocycles. The summed E-state index contributed by atoms with van der Waals surface area (Å²) in [5.74, 6) is 1.75. The van der Waals surface area contributed by atoms with Gasteiger partial charge in [0.25, 0.3) is 0 Å². The highest BCUT2D eigenvalue weighted by Gasteiger charge is 2.14. The highest BCUT2D eigenvalue weighted by Crippen LogP contribution is 2.26. The molecule has 3 rings (SSSR count). The van der Waals surface area contributed by atoms with Gasteiger partial charge in [-0.05, 0) is 89.2 Å². The minimum Gasteiger partial charge on any atom is -0.494 e. The third-order valence-electron chi connectivity index (χ3n) is 6.15. The van der Waals surface area contributed by atoms with Crippen molar-refractivity contribution in [3.8, 4) is 23.0 Å². The molecular formula is C31H41N3O7. The number of aliphatic carboxylic acids is 1. The molecular weight excluding hydrogens is 526 g/mol. The Kier molecular flexibility index (Phi) is 12.0. The van der Waals surface area contributed by atoms with Gasteiger partial charge in [-0.25, -0.2) is 9.78 Å². The predicted octanol–water partition coefficient (Wildman–Crippen LogP) is 5.25. The lowest BCUT2D eigenvalue weighted by Crippen LogP contribution is -2.26. The van der Waals surface area contributed by atoms with E-state index < -0.39 is 12.1 Å². The summed E-state index contributed by atoms with van der Waals surface area (Å²) >= 11 is 0. The highest BCUT2D eigenvalue weighted by molar-refractivity contribution is 5.68. The molecule has 0 radical (unpaired) electrons. The molecule has 1 aromatic heterocycles. The van der Waals surface area contributed by atoms with Crippen molar-refractivity contribution in [2.75, 3.05) is 33.9 Å². The lowest BCUT2D eigenvalue weighted by atomic mass is 10.0. The Labute approximate surface area is 241 Å². The number of aromatic nitrogens is 1. The van der Waals surface area contributed by atoms with Crippen LogP contribution in [0, 0.1) is 6.92 Å². The van der Waals surface area contributed by atoms with Crippen LogP contribution >= 0.6 is 0 Å². The summed E-state index contributed by atoms with van der Waals surface area (Å²) in [6.07, 6.45) is 1.03. The molecule has 0 bridgehead atoms. The molecule has 0 aliphatic rings. The van der Waals surface area contributed by atoms with Gasteiger partial charge in [0.1, 0.15) is 17.3 Å². The van der Waals surface area contributed by atoms with Crippen LogP contribution in [0.15, 0.2) is 46.9 Å². The Morgan fingerprint density at radius 2 is 1.78 bits per heavy atom. The molecule has 0 aliphatic carbocycles. The van der Waals surface area contributed by atoms with E-state index in [9.17, 15) is 9.59 Å². The Morgan fingerprint density at radius 3 is 2.51 bits per heavy atom. The SMILES string of the molecule is Cc1oc(-c2cccc(OCCCN(C)C)c2)nc1CCOc1ccc(CCC(=O)O)c(CNC(=O)OC(C)C)c1. The third-order valence-corrected chi connectivity index (χ3v) is 6.15. The zero-order chi connectivity index (χ0) is 29.8. The second-order valence-electron chi connectivity index (χ2n) is 10.3. The summed E-state index contributed by atoms with van der Waals surface area (Å²) in [5, 5.41) is 11.8. The molecule has 10 heteroatoms. The fourth-order valence-corrected chi connectivity index (χ4v) is 4.10. The van der Waals surface area contributed by atoms with Crippen molar-refractivity contribution in [1.29, 1.82) is 0 Å². The number of rotatable bonds is 16. The van der Waals surface area contributed by atoms with E-state index in [4.69, 9.17) is 28.7 Å². The van der Waals surface area contributed by atoms with Gasteiger partial charge >= 0.3 is 12.1 Å². The number of carboxylic acids is 1. The number of carbonyl (C=O) groups is 2. The van der Waals surface area contributed by atoms with Gasteiger partial charge in [0, 0.05) is 31.5 Å². The number of hydrogen-bond donors (Lipinski definition) is 2. The predicted molar refractivity (Wildman–Crippen MR) is 155 cm³/mol. The minimum atomic E-state index is -0.884. The van der Waals surface area contributed by atoms with Crippen LogP contribution in [0.3, 0.4) is 0 Å². The van der Waals surface area contributed by atoms with Gasteiger partial charge in [0.2, 0.25) is 5.89 Å². The number of oxazole rings is 1. The van der Waals surface area contributed by atoms with E-state index in [1.54, 1.807) is 19.9 Å². The molecule has 1 amide bonds. The first kappa shape index (κ1) is 31.5. The van der Waals surface area contributed by atoms with Crippen molar-refractivity contribution in [1.82, 2.24) is 15.2 Å². The molecule has 0 saturated carbocycles. The van der Waals surface area contributed by atoms with E-state index >= 15 is 0 Å². The van der Waals surface area contributed by atoms with Gasteiger partial charge in [0.15, 0.2) is 0 Å². The molecule has 10 nitrogen and oxygen atoms in total. The van der Waals surface area contributed by atoms with Crippen molar-refractivity contribution in [2.45, 2.75) is 59.1 Å². The van der Waals surface area contributed by atoms with Crippen molar-refractivity contribution in [3.05, 3.63) is 65.0 Å². The largest absolute Gasteiger partial charge is 0.494 e. The van der Waals surface area contributed by atoms with E-state index in [-0.39, 0.29) is 19.1 Å². The summed E-state index contributed by atoms with van der Waals surface area (Å²) < 4.78 is 23.0. The van der Waals surface area contributed by atoms with Crippen LogP contribution in [0.1, 0.15) is 49.3 Å². The summed E-state index contributed by atoms with van der Waals surface area (Å²) in [7, 11) is 4.08. The van der Waals surface area contributed by atoms with Gasteiger partial charge in [-0.15, -0.1) is 0 Å². The van der Waals surface area contributed by atoms with Crippen molar-refractivity contribution >= 4 is 12.1 Å². The lowest BCUT2D eigenvalue weighted by molar-refractivity contribution is -0.136. The van der Waals surface area contributed by atoms with Crippen molar-refractivity contribution in [3.63, 3.8) is 0 Å². The molecule has 2 N–H and O–H groups in total. The van der Waals surface area contributed by atoms with Gasteiger partial charge in [-0.3, -0.25) is 4.79 Å². The minimum absolute atomic E-state index is 0.0110. The fraction of sp³-hybridized carbons (Fsp3) is 0.452. The number of ether oxygens (including phenoxy) is 3. The summed E-state index contributed by atoms with van der Waals surface area (Å²) in [5.41, 5.74) is 3.24. The molecule has 2 aromatic carbocycles. The van der Waals surface area contributed by atoms with Crippen LogP contribution in [0.4, 0.5) is 4.79 Å². The molecule has 0 spiro atoms. The summed E-state index contributed by atoms with van der Waals surface area (Å²) in [4.78, 5) is 29.9. The van der Waals surface area contributed by atoms with Gasteiger partial charge in [-0.2, -0.15) is 0 Å². The molecule has 222 valence electrons. The standard InChI is InChI=1S/C31H41N3O7/c1-21(2)40-31(37)32-20-25-19-27(12-10-23(25)11-13-29(35)36)39-17-14-28-22(3)41-30(33-28)24-8-6-9-26(18-24)38-16-7-15-34(4)5/h6,8-10,12,18-19,21H,7,11,13-17,20H2,1-5H3,(H,32,37)(H,35,36). The second kappa shape index (κ2) is 15.7. The Bertz CT molecular complexity index is 1290. The van der Waals surface area contributed by atoms with Crippen LogP contribution in [0.25, 0.3) is 11.5 Å². The Morgan fingerprint density at radius 1 is 1.02 bits per heavy atom. The molecule has 0 saturated heterocycles. The molecule has 1 heterocycles. The average Bonchev–Trinajstić information content (AvgIpc) is 3.29.